The first kappa shape index (κ1) is 9.54. The highest BCUT2D eigenvalue weighted by Crippen LogP contribution is 2.07. The van der Waals surface area contributed by atoms with Gasteiger partial charge in [0.1, 0.15) is 0 Å². The summed E-state index contributed by atoms with van der Waals surface area (Å²) in [5, 5.41) is 8.80. The third-order valence-electron chi connectivity index (χ3n) is 1.83. The van der Waals surface area contributed by atoms with Crippen LogP contribution in [0.15, 0.2) is 42.0 Å². The van der Waals surface area contributed by atoms with E-state index in [-0.39, 0.29) is 0 Å². The van der Waals surface area contributed by atoms with E-state index in [1.165, 1.54) is 5.56 Å². The molecule has 0 radical (unpaired) electrons. The van der Waals surface area contributed by atoms with E-state index < -0.39 is 0 Å². The molecule has 1 heteroatoms. The van der Waals surface area contributed by atoms with Gasteiger partial charge >= 0.3 is 0 Å². The fraction of sp³-hybridized carbons (Fsp3) is 0.250. The first-order chi connectivity index (χ1) is 6.36. The Morgan fingerprint density at radius 3 is 2.62 bits per heavy atom. The first-order valence-corrected chi connectivity index (χ1v) is 4.50. The Balaban J connectivity index is 2.69. The van der Waals surface area contributed by atoms with Gasteiger partial charge in [0, 0.05) is 12.0 Å². The Kier molecular flexibility index (Phi) is 3.78. The highest BCUT2D eigenvalue weighted by molar-refractivity contribution is 5.29. The Hall–Kier alpha value is -1.55. The number of allylic oxidation sites excluding steroid dienone is 2. The highest BCUT2D eigenvalue weighted by Gasteiger charge is 1.96. The molecular weight excluding hydrogens is 158 g/mol. The Bertz CT molecular complexity index is 317. The molecule has 0 atom stereocenters. The van der Waals surface area contributed by atoms with Crippen LogP contribution in [0.25, 0.3) is 0 Å². The minimum Gasteiger partial charge on any atom is -0.193 e. The number of hydrogen-bond acceptors (Lipinski definition) is 1. The molecule has 1 aromatic carbocycles. The maximum Gasteiger partial charge on any atom is 0.0947 e. The molecule has 13 heavy (non-hydrogen) atoms. The molecule has 0 fully saturated rings. The zero-order valence-corrected chi connectivity index (χ0v) is 7.83. The minimum absolute atomic E-state index is 0.755. The molecule has 1 nitrogen and oxygen atoms in total. The van der Waals surface area contributed by atoms with Crippen molar-refractivity contribution in [2.24, 2.45) is 0 Å². The fourth-order valence-corrected chi connectivity index (χ4v) is 1.22. The molecule has 0 heterocycles. The van der Waals surface area contributed by atoms with Crippen molar-refractivity contribution >= 4 is 0 Å². The molecule has 0 saturated carbocycles. The monoisotopic (exact) mass is 171 g/mol. The Morgan fingerprint density at radius 2 is 2.08 bits per heavy atom. The standard InChI is InChI=1S/C12H13N/c1-2-6-12(10-13)9-11-7-4-3-5-8-11/h3-8H,2,9H2,1H3. The molecule has 0 aliphatic heterocycles. The van der Waals surface area contributed by atoms with Crippen molar-refractivity contribution < 1.29 is 0 Å². The van der Waals surface area contributed by atoms with Crippen LogP contribution in [-0.2, 0) is 6.42 Å². The highest BCUT2D eigenvalue weighted by atomic mass is 14.2. The molecule has 0 amide bonds. The average molecular weight is 171 g/mol. The van der Waals surface area contributed by atoms with Gasteiger partial charge in [-0.15, -0.1) is 0 Å². The van der Waals surface area contributed by atoms with Gasteiger partial charge in [-0.3, -0.25) is 0 Å². The van der Waals surface area contributed by atoms with Crippen LogP contribution in [-0.4, -0.2) is 0 Å². The summed E-state index contributed by atoms with van der Waals surface area (Å²) in [5.74, 6) is 0. The average Bonchev–Trinajstić information content (AvgIpc) is 2.19. The van der Waals surface area contributed by atoms with Crippen molar-refractivity contribution in [3.05, 3.63) is 47.5 Å². The van der Waals surface area contributed by atoms with Crippen LogP contribution in [0.2, 0.25) is 0 Å². The minimum atomic E-state index is 0.755. The van der Waals surface area contributed by atoms with Crippen molar-refractivity contribution in [1.82, 2.24) is 0 Å². The molecular formula is C12H13N. The predicted octanol–water partition coefficient (Wildman–Crippen LogP) is 3.09. The van der Waals surface area contributed by atoms with Gasteiger partial charge in [0.25, 0.3) is 0 Å². The lowest BCUT2D eigenvalue weighted by atomic mass is 10.1. The summed E-state index contributed by atoms with van der Waals surface area (Å²) in [6.45, 7) is 2.04. The molecule has 0 aromatic heterocycles. The van der Waals surface area contributed by atoms with Gasteiger partial charge in [-0.25, -0.2) is 0 Å². The van der Waals surface area contributed by atoms with Crippen molar-refractivity contribution in [2.45, 2.75) is 19.8 Å². The third kappa shape index (κ3) is 3.13. The SMILES string of the molecule is CCC=C(C#N)Cc1ccccc1. The lowest BCUT2D eigenvalue weighted by molar-refractivity contribution is 1.13. The third-order valence-corrected chi connectivity index (χ3v) is 1.83. The van der Waals surface area contributed by atoms with E-state index in [0.29, 0.717) is 0 Å². The maximum atomic E-state index is 8.80. The van der Waals surface area contributed by atoms with E-state index in [1.807, 2.05) is 43.3 Å². The molecule has 1 aromatic rings. The largest absolute Gasteiger partial charge is 0.193 e. The maximum absolute atomic E-state index is 8.80. The summed E-state index contributed by atoms with van der Waals surface area (Å²) < 4.78 is 0. The molecule has 0 bridgehead atoms. The van der Waals surface area contributed by atoms with E-state index in [9.17, 15) is 0 Å². The van der Waals surface area contributed by atoms with E-state index in [0.717, 1.165) is 18.4 Å². The summed E-state index contributed by atoms with van der Waals surface area (Å²) in [6.07, 6.45) is 3.66. The van der Waals surface area contributed by atoms with Crippen LogP contribution in [0.3, 0.4) is 0 Å². The van der Waals surface area contributed by atoms with Crippen molar-refractivity contribution in [3.8, 4) is 6.07 Å². The van der Waals surface area contributed by atoms with Gasteiger partial charge in [-0.1, -0.05) is 43.3 Å². The number of nitriles is 1. The van der Waals surface area contributed by atoms with Crippen LogP contribution in [0, 0.1) is 11.3 Å². The summed E-state index contributed by atoms with van der Waals surface area (Å²) >= 11 is 0. The molecule has 0 aliphatic rings. The van der Waals surface area contributed by atoms with Crippen LogP contribution in [0.1, 0.15) is 18.9 Å². The van der Waals surface area contributed by atoms with Gasteiger partial charge in [0.05, 0.1) is 6.07 Å². The van der Waals surface area contributed by atoms with E-state index in [4.69, 9.17) is 5.26 Å². The number of benzene rings is 1. The molecule has 1 rings (SSSR count). The van der Waals surface area contributed by atoms with Crippen molar-refractivity contribution in [3.63, 3.8) is 0 Å². The van der Waals surface area contributed by atoms with Gasteiger partial charge in [-0.05, 0) is 12.0 Å². The zero-order valence-electron chi connectivity index (χ0n) is 7.83. The smallest absolute Gasteiger partial charge is 0.0947 e. The second-order valence-corrected chi connectivity index (χ2v) is 2.91. The van der Waals surface area contributed by atoms with Crippen LogP contribution < -0.4 is 0 Å². The first-order valence-electron chi connectivity index (χ1n) is 4.50. The zero-order chi connectivity index (χ0) is 9.52. The topological polar surface area (TPSA) is 23.8 Å². The molecule has 0 aliphatic carbocycles. The molecule has 0 spiro atoms. The van der Waals surface area contributed by atoms with E-state index in [2.05, 4.69) is 6.07 Å². The fourth-order valence-electron chi connectivity index (χ4n) is 1.22. The Morgan fingerprint density at radius 1 is 1.38 bits per heavy atom. The summed E-state index contributed by atoms with van der Waals surface area (Å²) in [6, 6.07) is 12.3. The normalized spacial score (nSPS) is 10.9. The second kappa shape index (κ2) is 5.16. The van der Waals surface area contributed by atoms with Crippen molar-refractivity contribution in [1.29, 1.82) is 5.26 Å². The number of nitrogens with zero attached hydrogens (tertiary/aromatic N) is 1. The van der Waals surface area contributed by atoms with Crippen molar-refractivity contribution in [2.75, 3.05) is 0 Å². The van der Waals surface area contributed by atoms with Crippen LogP contribution >= 0.6 is 0 Å². The number of rotatable bonds is 3. The van der Waals surface area contributed by atoms with Gasteiger partial charge in [0.2, 0.25) is 0 Å². The van der Waals surface area contributed by atoms with Crippen LogP contribution in [0.5, 0.6) is 0 Å². The van der Waals surface area contributed by atoms with Gasteiger partial charge < -0.3 is 0 Å². The summed E-state index contributed by atoms with van der Waals surface area (Å²) in [4.78, 5) is 0. The molecule has 0 saturated heterocycles. The van der Waals surface area contributed by atoms with Gasteiger partial charge in [0.15, 0.2) is 0 Å². The Labute approximate surface area is 79.3 Å². The van der Waals surface area contributed by atoms with Gasteiger partial charge in [-0.2, -0.15) is 5.26 Å². The lowest BCUT2D eigenvalue weighted by Crippen LogP contribution is -1.87. The predicted molar refractivity (Wildman–Crippen MR) is 54.1 cm³/mol. The quantitative estimate of drug-likeness (QED) is 0.641. The lowest BCUT2D eigenvalue weighted by Gasteiger charge is -1.98. The van der Waals surface area contributed by atoms with E-state index >= 15 is 0 Å². The second-order valence-electron chi connectivity index (χ2n) is 2.91. The van der Waals surface area contributed by atoms with Crippen LogP contribution in [0.4, 0.5) is 0 Å². The summed E-state index contributed by atoms with van der Waals surface area (Å²) in [5.41, 5.74) is 2.05. The summed E-state index contributed by atoms with van der Waals surface area (Å²) in [7, 11) is 0. The number of hydrogen-bond donors (Lipinski definition) is 0. The molecule has 66 valence electrons. The molecule has 0 N–H and O–H groups in total. The van der Waals surface area contributed by atoms with E-state index in [1.54, 1.807) is 0 Å². The molecule has 0 unspecified atom stereocenters.